The zero-order chi connectivity index (χ0) is 19.7. The molecule has 0 aromatic heterocycles. The summed E-state index contributed by atoms with van der Waals surface area (Å²) >= 11 is 0. The summed E-state index contributed by atoms with van der Waals surface area (Å²) in [4.78, 5) is 27.6. The number of likely N-dealkylation sites (tertiary alicyclic amines) is 1. The number of rotatable bonds is 5. The SMILES string of the molecule is COc1ccc(C(=O)NC[C@H]2[C@@H]3CC(=O)N(C4CCCCC4)[C@@H]3C[C@@H]2C)cc1. The molecule has 1 aliphatic heterocycles. The van der Waals surface area contributed by atoms with Gasteiger partial charge in [0.2, 0.25) is 5.91 Å². The van der Waals surface area contributed by atoms with Crippen molar-refractivity contribution in [1.29, 1.82) is 0 Å². The minimum absolute atomic E-state index is 0.0493. The molecule has 5 nitrogen and oxygen atoms in total. The molecule has 5 heteroatoms. The van der Waals surface area contributed by atoms with Crippen LogP contribution in [0.1, 0.15) is 62.2 Å². The Bertz CT molecular complexity index is 711. The Kier molecular flexibility index (Phi) is 5.61. The number of fused-ring (bicyclic) bond motifs is 1. The normalized spacial score (nSPS) is 30.4. The van der Waals surface area contributed by atoms with Crippen LogP contribution in [0.3, 0.4) is 0 Å². The summed E-state index contributed by atoms with van der Waals surface area (Å²) in [5.41, 5.74) is 0.648. The molecule has 0 unspecified atom stereocenters. The second-order valence-corrected chi connectivity index (χ2v) is 8.84. The van der Waals surface area contributed by atoms with E-state index in [1.807, 2.05) is 0 Å². The average Bonchev–Trinajstić information content (AvgIpc) is 3.19. The Balaban J connectivity index is 1.38. The molecule has 1 saturated heterocycles. The first kappa shape index (κ1) is 19.3. The molecular formula is C23H32N2O3. The van der Waals surface area contributed by atoms with Gasteiger partial charge in [0.1, 0.15) is 5.75 Å². The van der Waals surface area contributed by atoms with Crippen LogP contribution in [-0.2, 0) is 4.79 Å². The molecule has 1 aromatic rings. The van der Waals surface area contributed by atoms with E-state index < -0.39 is 0 Å². The number of benzene rings is 1. The Morgan fingerprint density at radius 3 is 2.57 bits per heavy atom. The van der Waals surface area contributed by atoms with Gasteiger partial charge < -0.3 is 15.0 Å². The molecule has 2 aliphatic carbocycles. The van der Waals surface area contributed by atoms with Crippen LogP contribution in [0.25, 0.3) is 0 Å². The highest BCUT2D eigenvalue weighted by Crippen LogP contribution is 2.47. The Labute approximate surface area is 167 Å². The fraction of sp³-hybridized carbons (Fsp3) is 0.652. The lowest BCUT2D eigenvalue weighted by Gasteiger charge is -2.35. The Morgan fingerprint density at radius 2 is 1.89 bits per heavy atom. The zero-order valence-electron chi connectivity index (χ0n) is 17.0. The molecule has 4 rings (SSSR count). The second-order valence-electron chi connectivity index (χ2n) is 8.84. The van der Waals surface area contributed by atoms with Gasteiger partial charge in [-0.15, -0.1) is 0 Å². The van der Waals surface area contributed by atoms with Gasteiger partial charge in [-0.3, -0.25) is 9.59 Å². The molecule has 1 heterocycles. The van der Waals surface area contributed by atoms with Crippen molar-refractivity contribution in [3.05, 3.63) is 29.8 Å². The number of nitrogens with one attached hydrogen (secondary N) is 1. The van der Waals surface area contributed by atoms with Crippen molar-refractivity contribution < 1.29 is 14.3 Å². The molecule has 2 amide bonds. The van der Waals surface area contributed by atoms with E-state index in [0.717, 1.165) is 12.2 Å². The van der Waals surface area contributed by atoms with Gasteiger partial charge in [0.15, 0.2) is 0 Å². The van der Waals surface area contributed by atoms with E-state index in [0.29, 0.717) is 54.3 Å². The van der Waals surface area contributed by atoms with Crippen LogP contribution >= 0.6 is 0 Å². The Morgan fingerprint density at radius 1 is 1.18 bits per heavy atom. The van der Waals surface area contributed by atoms with Crippen LogP contribution < -0.4 is 10.1 Å². The van der Waals surface area contributed by atoms with E-state index in [1.54, 1.807) is 31.4 Å². The lowest BCUT2D eigenvalue weighted by Crippen LogP contribution is -2.43. The molecule has 28 heavy (non-hydrogen) atoms. The van der Waals surface area contributed by atoms with E-state index in [1.165, 1.54) is 32.1 Å². The van der Waals surface area contributed by atoms with Crippen molar-refractivity contribution in [1.82, 2.24) is 10.2 Å². The van der Waals surface area contributed by atoms with Crippen LogP contribution in [-0.4, -0.2) is 42.5 Å². The maximum absolute atomic E-state index is 12.8. The van der Waals surface area contributed by atoms with Gasteiger partial charge in [-0.1, -0.05) is 26.2 Å². The van der Waals surface area contributed by atoms with Crippen molar-refractivity contribution in [2.75, 3.05) is 13.7 Å². The number of hydrogen-bond donors (Lipinski definition) is 1. The molecule has 1 N–H and O–H groups in total. The predicted octanol–water partition coefficient (Wildman–Crippen LogP) is 3.63. The van der Waals surface area contributed by atoms with Gasteiger partial charge in [0.25, 0.3) is 5.91 Å². The molecule has 3 aliphatic rings. The van der Waals surface area contributed by atoms with Crippen molar-refractivity contribution in [2.24, 2.45) is 17.8 Å². The van der Waals surface area contributed by atoms with Gasteiger partial charge in [-0.05, 0) is 61.3 Å². The van der Waals surface area contributed by atoms with Crippen molar-refractivity contribution in [2.45, 2.75) is 64.0 Å². The smallest absolute Gasteiger partial charge is 0.251 e. The zero-order valence-corrected chi connectivity index (χ0v) is 17.0. The summed E-state index contributed by atoms with van der Waals surface area (Å²) in [6.07, 6.45) is 7.89. The summed E-state index contributed by atoms with van der Waals surface area (Å²) in [7, 11) is 1.62. The first-order chi connectivity index (χ1) is 13.6. The maximum atomic E-state index is 12.8. The number of hydrogen-bond acceptors (Lipinski definition) is 3. The molecule has 2 saturated carbocycles. The number of ether oxygens (including phenoxy) is 1. The largest absolute Gasteiger partial charge is 0.497 e. The van der Waals surface area contributed by atoms with Crippen molar-refractivity contribution >= 4 is 11.8 Å². The summed E-state index contributed by atoms with van der Waals surface area (Å²) in [5.74, 6) is 2.35. The van der Waals surface area contributed by atoms with Crippen LogP contribution in [0.5, 0.6) is 5.75 Å². The monoisotopic (exact) mass is 384 g/mol. The minimum Gasteiger partial charge on any atom is -0.497 e. The van der Waals surface area contributed by atoms with Crippen molar-refractivity contribution in [3.63, 3.8) is 0 Å². The average molecular weight is 385 g/mol. The first-order valence-corrected chi connectivity index (χ1v) is 10.8. The molecule has 0 spiro atoms. The van der Waals surface area contributed by atoms with Crippen LogP contribution in [0.15, 0.2) is 24.3 Å². The van der Waals surface area contributed by atoms with Gasteiger partial charge in [-0.2, -0.15) is 0 Å². The number of amides is 2. The number of carbonyl (C=O) groups is 2. The topological polar surface area (TPSA) is 58.6 Å². The standard InChI is InChI=1S/C23H32N2O3/c1-15-12-21-19(13-22(26)25(21)17-6-4-3-5-7-17)20(15)14-24-23(27)16-8-10-18(28-2)11-9-16/h8-11,15,17,19-21H,3-7,12-14H2,1-2H3,(H,24,27)/t15-,19-,20+,21+/m0/s1. The van der Waals surface area contributed by atoms with Crippen LogP contribution in [0, 0.1) is 17.8 Å². The van der Waals surface area contributed by atoms with Crippen molar-refractivity contribution in [3.8, 4) is 5.75 Å². The van der Waals surface area contributed by atoms with Gasteiger partial charge in [-0.25, -0.2) is 0 Å². The molecule has 0 radical (unpaired) electrons. The highest BCUT2D eigenvalue weighted by atomic mass is 16.5. The number of carbonyl (C=O) groups excluding carboxylic acids is 2. The second kappa shape index (κ2) is 8.14. The fourth-order valence-corrected chi connectivity index (χ4v) is 5.78. The van der Waals surface area contributed by atoms with E-state index in [-0.39, 0.29) is 5.91 Å². The quantitative estimate of drug-likeness (QED) is 0.843. The van der Waals surface area contributed by atoms with E-state index in [9.17, 15) is 9.59 Å². The summed E-state index contributed by atoms with van der Waals surface area (Å²) in [5, 5.41) is 3.12. The lowest BCUT2D eigenvalue weighted by molar-refractivity contribution is -0.132. The molecule has 3 fully saturated rings. The van der Waals surface area contributed by atoms with Crippen LogP contribution in [0.2, 0.25) is 0 Å². The Hall–Kier alpha value is -2.04. The first-order valence-electron chi connectivity index (χ1n) is 10.8. The molecule has 1 aromatic carbocycles. The fourth-order valence-electron chi connectivity index (χ4n) is 5.78. The van der Waals surface area contributed by atoms with E-state index in [4.69, 9.17) is 4.74 Å². The molecule has 4 atom stereocenters. The van der Waals surface area contributed by atoms with Gasteiger partial charge in [0.05, 0.1) is 7.11 Å². The third kappa shape index (κ3) is 3.63. The number of nitrogens with zero attached hydrogens (tertiary/aromatic N) is 1. The predicted molar refractivity (Wildman–Crippen MR) is 108 cm³/mol. The highest BCUT2D eigenvalue weighted by molar-refractivity contribution is 5.94. The van der Waals surface area contributed by atoms with Gasteiger partial charge >= 0.3 is 0 Å². The van der Waals surface area contributed by atoms with Gasteiger partial charge in [0, 0.05) is 30.6 Å². The highest BCUT2D eigenvalue weighted by Gasteiger charge is 2.52. The molecule has 152 valence electrons. The third-order valence-corrected chi connectivity index (χ3v) is 7.26. The molecule has 0 bridgehead atoms. The maximum Gasteiger partial charge on any atom is 0.251 e. The summed E-state index contributed by atoms with van der Waals surface area (Å²) in [6, 6.07) is 8.03. The van der Waals surface area contributed by atoms with E-state index >= 15 is 0 Å². The molecular weight excluding hydrogens is 352 g/mol. The lowest BCUT2D eigenvalue weighted by atomic mass is 9.88. The summed E-state index contributed by atoms with van der Waals surface area (Å²) < 4.78 is 5.15. The minimum atomic E-state index is -0.0493. The van der Waals surface area contributed by atoms with Crippen LogP contribution in [0.4, 0.5) is 0 Å². The third-order valence-electron chi connectivity index (χ3n) is 7.26. The number of methoxy groups -OCH3 is 1. The van der Waals surface area contributed by atoms with E-state index in [2.05, 4.69) is 17.1 Å². The summed E-state index contributed by atoms with van der Waals surface area (Å²) in [6.45, 7) is 2.94.